The average molecular weight is 355 g/mol. The molecule has 0 aliphatic rings. The van der Waals surface area contributed by atoms with Crippen LogP contribution in [0, 0.1) is 0 Å². The number of amides is 2. The zero-order valence-corrected chi connectivity index (χ0v) is 15.2. The molecule has 2 rings (SSSR count). The van der Waals surface area contributed by atoms with Gasteiger partial charge in [-0.2, -0.15) is 0 Å². The lowest BCUT2D eigenvalue weighted by Gasteiger charge is -2.10. The third-order valence-electron chi connectivity index (χ3n) is 3.71. The number of ether oxygens (including phenoxy) is 1. The quantitative estimate of drug-likeness (QED) is 0.603. The molecule has 2 aromatic rings. The van der Waals surface area contributed by atoms with Gasteiger partial charge in [-0.3, -0.25) is 9.59 Å². The number of hydrogen-bond acceptors (Lipinski definition) is 4. The predicted molar refractivity (Wildman–Crippen MR) is 104 cm³/mol. The van der Waals surface area contributed by atoms with Crippen LogP contribution < -0.4 is 20.7 Å². The number of benzene rings is 2. The number of carbonyl (C=O) groups is 2. The maximum atomic E-state index is 12.1. The van der Waals surface area contributed by atoms with E-state index in [2.05, 4.69) is 22.9 Å². The molecule has 6 nitrogen and oxygen atoms in total. The van der Waals surface area contributed by atoms with Crippen molar-refractivity contribution in [3.05, 3.63) is 54.1 Å². The van der Waals surface area contributed by atoms with E-state index in [9.17, 15) is 9.59 Å². The zero-order chi connectivity index (χ0) is 18.8. The Bertz CT molecular complexity index is 729. The monoisotopic (exact) mass is 355 g/mol. The summed E-state index contributed by atoms with van der Waals surface area (Å²) >= 11 is 0. The molecule has 0 radical (unpaired) electrons. The fourth-order valence-corrected chi connectivity index (χ4v) is 2.27. The first kappa shape index (κ1) is 19.3. The van der Waals surface area contributed by atoms with E-state index in [-0.39, 0.29) is 18.4 Å². The van der Waals surface area contributed by atoms with Gasteiger partial charge in [0, 0.05) is 30.1 Å². The van der Waals surface area contributed by atoms with Crippen molar-refractivity contribution < 1.29 is 14.3 Å². The normalized spacial score (nSPS) is 10.1. The maximum absolute atomic E-state index is 12.1. The summed E-state index contributed by atoms with van der Waals surface area (Å²) in [5, 5.41) is 8.43. The minimum atomic E-state index is -0.161. The highest BCUT2D eigenvalue weighted by atomic mass is 16.5. The van der Waals surface area contributed by atoms with Crippen LogP contribution in [0.15, 0.2) is 48.5 Å². The van der Waals surface area contributed by atoms with Crippen molar-refractivity contribution in [1.29, 1.82) is 0 Å². The minimum Gasteiger partial charge on any atom is -0.494 e. The molecule has 6 heteroatoms. The summed E-state index contributed by atoms with van der Waals surface area (Å²) in [7, 11) is 1.59. The second kappa shape index (κ2) is 10.1. The highest BCUT2D eigenvalue weighted by molar-refractivity contribution is 5.95. The molecule has 0 saturated carbocycles. The molecule has 138 valence electrons. The van der Waals surface area contributed by atoms with Crippen LogP contribution in [0.2, 0.25) is 0 Å². The number of hydrogen-bond donors (Lipinski definition) is 3. The van der Waals surface area contributed by atoms with Crippen molar-refractivity contribution in [2.24, 2.45) is 0 Å². The van der Waals surface area contributed by atoms with Crippen molar-refractivity contribution in [1.82, 2.24) is 5.32 Å². The van der Waals surface area contributed by atoms with Crippen molar-refractivity contribution in [2.45, 2.75) is 19.8 Å². The van der Waals surface area contributed by atoms with E-state index in [4.69, 9.17) is 4.74 Å². The molecule has 2 amide bonds. The van der Waals surface area contributed by atoms with Crippen LogP contribution in [-0.2, 0) is 4.79 Å². The Labute approximate surface area is 153 Å². The molecule has 0 spiro atoms. The van der Waals surface area contributed by atoms with Crippen LogP contribution in [-0.4, -0.2) is 32.0 Å². The molecule has 3 N–H and O–H groups in total. The largest absolute Gasteiger partial charge is 0.494 e. The standard InChI is InChI=1S/C20H25N3O3/c1-3-4-12-26-18-7-5-6-17(13-18)23-19(24)14-22-16-10-8-15(9-11-16)20(25)21-2/h5-11,13,22H,3-4,12,14H2,1-2H3,(H,21,25)(H,23,24). The SMILES string of the molecule is CCCCOc1cccc(NC(=O)CNc2ccc(C(=O)NC)cc2)c1. The molecule has 2 aromatic carbocycles. The second-order valence-electron chi connectivity index (χ2n) is 5.79. The van der Waals surface area contributed by atoms with E-state index >= 15 is 0 Å². The van der Waals surface area contributed by atoms with Crippen LogP contribution in [0.4, 0.5) is 11.4 Å². The Balaban J connectivity index is 1.83. The van der Waals surface area contributed by atoms with Gasteiger partial charge >= 0.3 is 0 Å². The van der Waals surface area contributed by atoms with Crippen molar-refractivity contribution in [3.8, 4) is 5.75 Å². The molecular weight excluding hydrogens is 330 g/mol. The van der Waals surface area contributed by atoms with Crippen molar-refractivity contribution in [2.75, 3.05) is 30.8 Å². The number of carbonyl (C=O) groups excluding carboxylic acids is 2. The van der Waals surface area contributed by atoms with Crippen molar-refractivity contribution >= 4 is 23.2 Å². The molecule has 0 aromatic heterocycles. The molecule has 0 bridgehead atoms. The Hall–Kier alpha value is -3.02. The van der Waals surface area contributed by atoms with Crippen LogP contribution >= 0.6 is 0 Å². The van der Waals surface area contributed by atoms with Crippen LogP contribution in [0.5, 0.6) is 5.75 Å². The smallest absolute Gasteiger partial charge is 0.251 e. The fourth-order valence-electron chi connectivity index (χ4n) is 2.27. The van der Waals surface area contributed by atoms with Gasteiger partial charge in [0.05, 0.1) is 13.2 Å². The molecule has 0 heterocycles. The lowest BCUT2D eigenvalue weighted by atomic mass is 10.2. The van der Waals surface area contributed by atoms with Gasteiger partial charge in [0.1, 0.15) is 5.75 Å². The molecule has 0 aliphatic heterocycles. The van der Waals surface area contributed by atoms with E-state index in [0.717, 1.165) is 24.3 Å². The zero-order valence-electron chi connectivity index (χ0n) is 15.2. The van der Waals surface area contributed by atoms with Crippen LogP contribution in [0.25, 0.3) is 0 Å². The third kappa shape index (κ3) is 6.12. The lowest BCUT2D eigenvalue weighted by molar-refractivity contribution is -0.114. The summed E-state index contributed by atoms with van der Waals surface area (Å²) in [6, 6.07) is 14.3. The first-order valence-electron chi connectivity index (χ1n) is 8.71. The number of rotatable bonds is 9. The Morgan fingerprint density at radius 2 is 1.81 bits per heavy atom. The molecule has 0 atom stereocenters. The van der Waals surface area contributed by atoms with Gasteiger partial charge in [-0.15, -0.1) is 0 Å². The van der Waals surface area contributed by atoms with Crippen LogP contribution in [0.3, 0.4) is 0 Å². The third-order valence-corrected chi connectivity index (χ3v) is 3.71. The van der Waals surface area contributed by atoms with Gasteiger partial charge in [0.15, 0.2) is 0 Å². The summed E-state index contributed by atoms with van der Waals surface area (Å²) in [6.45, 7) is 2.90. The summed E-state index contributed by atoms with van der Waals surface area (Å²) < 4.78 is 5.64. The topological polar surface area (TPSA) is 79.5 Å². The van der Waals surface area contributed by atoms with Crippen LogP contribution in [0.1, 0.15) is 30.1 Å². The minimum absolute atomic E-state index is 0.125. The summed E-state index contributed by atoms with van der Waals surface area (Å²) in [4.78, 5) is 23.6. The van der Waals surface area contributed by atoms with E-state index in [0.29, 0.717) is 17.9 Å². The number of anilines is 2. The Kier molecular flexibility index (Phi) is 7.49. The fraction of sp³-hybridized carbons (Fsp3) is 0.300. The summed E-state index contributed by atoms with van der Waals surface area (Å²) in [5.41, 5.74) is 2.03. The van der Waals surface area contributed by atoms with E-state index in [1.165, 1.54) is 0 Å². The molecule has 0 unspecified atom stereocenters. The van der Waals surface area contributed by atoms with Gasteiger partial charge in [0.2, 0.25) is 5.91 Å². The van der Waals surface area contributed by atoms with Gasteiger partial charge in [-0.1, -0.05) is 19.4 Å². The Morgan fingerprint density at radius 1 is 1.04 bits per heavy atom. The summed E-state index contributed by atoms with van der Waals surface area (Å²) in [5.74, 6) is 0.440. The summed E-state index contributed by atoms with van der Waals surface area (Å²) in [6.07, 6.45) is 2.07. The first-order valence-corrected chi connectivity index (χ1v) is 8.71. The molecule has 0 aliphatic carbocycles. The Morgan fingerprint density at radius 3 is 2.50 bits per heavy atom. The van der Waals surface area contributed by atoms with Gasteiger partial charge in [-0.25, -0.2) is 0 Å². The first-order chi connectivity index (χ1) is 12.6. The highest BCUT2D eigenvalue weighted by Gasteiger charge is 2.05. The molecular formula is C20H25N3O3. The second-order valence-corrected chi connectivity index (χ2v) is 5.79. The molecule has 26 heavy (non-hydrogen) atoms. The number of unbranched alkanes of at least 4 members (excludes halogenated alkanes) is 1. The highest BCUT2D eigenvalue weighted by Crippen LogP contribution is 2.17. The average Bonchev–Trinajstić information content (AvgIpc) is 2.67. The van der Waals surface area contributed by atoms with E-state index in [1.807, 2.05) is 24.3 Å². The van der Waals surface area contributed by atoms with Gasteiger partial charge in [0.25, 0.3) is 5.91 Å². The lowest BCUT2D eigenvalue weighted by Crippen LogP contribution is -2.22. The van der Waals surface area contributed by atoms with E-state index < -0.39 is 0 Å². The maximum Gasteiger partial charge on any atom is 0.251 e. The number of nitrogens with one attached hydrogen (secondary N) is 3. The molecule has 0 saturated heterocycles. The van der Waals surface area contributed by atoms with Crippen molar-refractivity contribution in [3.63, 3.8) is 0 Å². The predicted octanol–water partition coefficient (Wildman–Crippen LogP) is 3.28. The van der Waals surface area contributed by atoms with E-state index in [1.54, 1.807) is 31.3 Å². The molecule has 0 fully saturated rings. The van der Waals surface area contributed by atoms with Gasteiger partial charge in [-0.05, 0) is 42.8 Å². The van der Waals surface area contributed by atoms with Gasteiger partial charge < -0.3 is 20.7 Å².